The molecule has 1 amide bonds. The second kappa shape index (κ2) is 9.93. The van der Waals surface area contributed by atoms with E-state index in [0.29, 0.717) is 27.7 Å². The first-order valence-electron chi connectivity index (χ1n) is 8.75. The van der Waals surface area contributed by atoms with Gasteiger partial charge in [-0.3, -0.25) is 9.78 Å². The highest BCUT2D eigenvalue weighted by Gasteiger charge is 2.24. The zero-order chi connectivity index (χ0) is 20.7. The summed E-state index contributed by atoms with van der Waals surface area (Å²) in [5.41, 5.74) is 1.16. The normalized spacial score (nSPS) is 11.8. The lowest BCUT2D eigenvalue weighted by atomic mass is 10.0. The third-order valence-corrected chi connectivity index (χ3v) is 4.89. The van der Waals surface area contributed by atoms with Crippen LogP contribution in [0.5, 0.6) is 0 Å². The van der Waals surface area contributed by atoms with Crippen LogP contribution in [0, 0.1) is 12.8 Å². The molecule has 2 aromatic heterocycles. The number of amides is 1. The molecule has 0 saturated heterocycles. The monoisotopic (exact) mass is 405 g/mol. The van der Waals surface area contributed by atoms with E-state index in [4.69, 9.17) is 9.47 Å². The Kier molecular flexibility index (Phi) is 7.62. The fourth-order valence-corrected chi connectivity index (χ4v) is 3.38. The second-order valence-electron chi connectivity index (χ2n) is 6.50. The summed E-state index contributed by atoms with van der Waals surface area (Å²) >= 11 is 1.15. The number of hydrogen-bond acceptors (Lipinski definition) is 8. The van der Waals surface area contributed by atoms with Gasteiger partial charge in [-0.05, 0) is 31.4 Å². The van der Waals surface area contributed by atoms with Gasteiger partial charge in [0, 0.05) is 6.20 Å². The highest BCUT2D eigenvalue weighted by molar-refractivity contribution is 7.17. The summed E-state index contributed by atoms with van der Waals surface area (Å²) in [4.78, 5) is 45.0. The Bertz CT molecular complexity index is 835. The molecule has 2 aromatic rings. The van der Waals surface area contributed by atoms with Gasteiger partial charge >= 0.3 is 11.9 Å². The van der Waals surface area contributed by atoms with Gasteiger partial charge in [-0.15, -0.1) is 11.3 Å². The first-order chi connectivity index (χ1) is 13.3. The molecule has 0 aliphatic heterocycles. The van der Waals surface area contributed by atoms with E-state index in [1.54, 1.807) is 25.3 Å². The van der Waals surface area contributed by atoms with Crippen molar-refractivity contribution in [2.75, 3.05) is 13.7 Å². The molecule has 0 fully saturated rings. The Hall–Kier alpha value is -2.81. The molecule has 0 radical (unpaired) electrons. The van der Waals surface area contributed by atoms with Crippen LogP contribution in [0.2, 0.25) is 0 Å². The van der Waals surface area contributed by atoms with Crippen molar-refractivity contribution in [2.45, 2.75) is 33.2 Å². The number of carbonyl (C=O) groups excluding carboxylic acids is 3. The van der Waals surface area contributed by atoms with Crippen LogP contribution in [-0.2, 0) is 19.1 Å². The molecule has 0 saturated carbocycles. The number of ether oxygens (including phenoxy) is 2. The van der Waals surface area contributed by atoms with E-state index in [2.05, 4.69) is 15.3 Å². The molecule has 2 heterocycles. The molecule has 0 aromatic carbocycles. The van der Waals surface area contributed by atoms with E-state index in [1.807, 2.05) is 19.9 Å². The number of methoxy groups -OCH3 is 1. The minimum absolute atomic E-state index is 0.178. The maximum atomic E-state index is 12.3. The molecule has 0 aliphatic rings. The average molecular weight is 405 g/mol. The average Bonchev–Trinajstić information content (AvgIpc) is 3.07. The highest BCUT2D eigenvalue weighted by atomic mass is 32.1. The molecule has 28 heavy (non-hydrogen) atoms. The minimum Gasteiger partial charge on any atom is -0.467 e. The number of aryl methyl sites for hydroxylation is 1. The van der Waals surface area contributed by atoms with Crippen LogP contribution >= 0.6 is 11.3 Å². The Morgan fingerprint density at radius 2 is 2.00 bits per heavy atom. The van der Waals surface area contributed by atoms with Gasteiger partial charge < -0.3 is 14.8 Å². The fraction of sp³-hybridized carbons (Fsp3) is 0.421. The summed E-state index contributed by atoms with van der Waals surface area (Å²) in [6, 6.07) is 4.63. The van der Waals surface area contributed by atoms with Gasteiger partial charge in [0.2, 0.25) is 0 Å². The summed E-state index contributed by atoms with van der Waals surface area (Å²) in [5.74, 6) is -1.58. The minimum atomic E-state index is -0.780. The van der Waals surface area contributed by atoms with E-state index in [9.17, 15) is 14.4 Å². The molecular formula is C19H23N3O5S. The van der Waals surface area contributed by atoms with Gasteiger partial charge in [0.15, 0.2) is 6.61 Å². The van der Waals surface area contributed by atoms with Gasteiger partial charge in [0.1, 0.15) is 15.9 Å². The van der Waals surface area contributed by atoms with Crippen molar-refractivity contribution < 1.29 is 23.9 Å². The maximum absolute atomic E-state index is 12.3. The Morgan fingerprint density at radius 1 is 1.25 bits per heavy atom. The van der Waals surface area contributed by atoms with E-state index in [0.717, 1.165) is 11.3 Å². The van der Waals surface area contributed by atoms with Crippen molar-refractivity contribution in [3.63, 3.8) is 0 Å². The number of thiazole rings is 1. The molecule has 8 nitrogen and oxygen atoms in total. The molecule has 150 valence electrons. The second-order valence-corrected chi connectivity index (χ2v) is 7.50. The predicted octanol–water partition coefficient (Wildman–Crippen LogP) is 2.37. The molecule has 0 bridgehead atoms. The highest BCUT2D eigenvalue weighted by Crippen LogP contribution is 2.26. The van der Waals surface area contributed by atoms with Crippen LogP contribution in [0.4, 0.5) is 0 Å². The maximum Gasteiger partial charge on any atom is 0.350 e. The smallest absolute Gasteiger partial charge is 0.350 e. The zero-order valence-corrected chi connectivity index (χ0v) is 17.0. The van der Waals surface area contributed by atoms with Gasteiger partial charge in [0.05, 0.1) is 18.5 Å². The molecule has 1 N–H and O–H groups in total. The van der Waals surface area contributed by atoms with Crippen LogP contribution < -0.4 is 5.32 Å². The zero-order valence-electron chi connectivity index (χ0n) is 16.2. The first-order valence-corrected chi connectivity index (χ1v) is 9.56. The Labute approximate surface area is 167 Å². The lowest BCUT2D eigenvalue weighted by Crippen LogP contribution is -2.44. The summed E-state index contributed by atoms with van der Waals surface area (Å²) in [5, 5.41) is 3.13. The quantitative estimate of drug-likeness (QED) is 0.672. The largest absolute Gasteiger partial charge is 0.467 e. The summed E-state index contributed by atoms with van der Waals surface area (Å²) in [6.45, 7) is 5.04. The third-order valence-electron chi connectivity index (χ3n) is 3.73. The molecule has 1 atom stereocenters. The lowest BCUT2D eigenvalue weighted by Gasteiger charge is -2.18. The van der Waals surface area contributed by atoms with Crippen molar-refractivity contribution in [1.82, 2.24) is 15.3 Å². The number of hydrogen-bond donors (Lipinski definition) is 1. The molecule has 0 spiro atoms. The number of nitrogens with one attached hydrogen (secondary N) is 1. The van der Waals surface area contributed by atoms with Crippen LogP contribution in [0.1, 0.15) is 35.6 Å². The van der Waals surface area contributed by atoms with E-state index in [-0.39, 0.29) is 5.92 Å². The van der Waals surface area contributed by atoms with Crippen LogP contribution in [0.15, 0.2) is 24.4 Å². The molecular weight excluding hydrogens is 382 g/mol. The Morgan fingerprint density at radius 3 is 2.61 bits per heavy atom. The van der Waals surface area contributed by atoms with Gasteiger partial charge in [-0.2, -0.15) is 0 Å². The van der Waals surface area contributed by atoms with E-state index in [1.165, 1.54) is 7.11 Å². The Balaban J connectivity index is 1.97. The molecule has 9 heteroatoms. The molecule has 0 aliphatic carbocycles. The van der Waals surface area contributed by atoms with E-state index >= 15 is 0 Å². The van der Waals surface area contributed by atoms with Crippen molar-refractivity contribution >= 4 is 29.2 Å². The SMILES string of the molecule is COC(=O)[C@H](CC(C)C)NC(=O)COC(=O)c1sc(-c2ccccn2)nc1C. The number of esters is 2. The topological polar surface area (TPSA) is 107 Å². The lowest BCUT2D eigenvalue weighted by molar-refractivity contribution is -0.145. The summed E-state index contributed by atoms with van der Waals surface area (Å²) in [6.07, 6.45) is 2.07. The molecule has 0 unspecified atom stereocenters. The summed E-state index contributed by atoms with van der Waals surface area (Å²) < 4.78 is 9.78. The van der Waals surface area contributed by atoms with Crippen molar-refractivity contribution in [3.05, 3.63) is 35.0 Å². The van der Waals surface area contributed by atoms with E-state index < -0.39 is 30.5 Å². The van der Waals surface area contributed by atoms with Crippen LogP contribution in [-0.4, -0.2) is 47.6 Å². The van der Waals surface area contributed by atoms with Crippen molar-refractivity contribution in [3.8, 4) is 10.7 Å². The number of pyridine rings is 1. The van der Waals surface area contributed by atoms with Gasteiger partial charge in [-0.25, -0.2) is 14.6 Å². The number of rotatable bonds is 8. The van der Waals surface area contributed by atoms with Crippen LogP contribution in [0.25, 0.3) is 10.7 Å². The van der Waals surface area contributed by atoms with Gasteiger partial charge in [0.25, 0.3) is 5.91 Å². The first kappa shape index (κ1) is 21.5. The predicted molar refractivity (Wildman–Crippen MR) is 104 cm³/mol. The third kappa shape index (κ3) is 5.85. The molecule has 2 rings (SSSR count). The number of carbonyl (C=O) groups is 3. The summed E-state index contributed by atoms with van der Waals surface area (Å²) in [7, 11) is 1.26. The fourth-order valence-electron chi connectivity index (χ4n) is 2.45. The van der Waals surface area contributed by atoms with Crippen molar-refractivity contribution in [2.24, 2.45) is 5.92 Å². The van der Waals surface area contributed by atoms with Gasteiger partial charge in [-0.1, -0.05) is 19.9 Å². The number of aromatic nitrogens is 2. The van der Waals surface area contributed by atoms with Crippen molar-refractivity contribution in [1.29, 1.82) is 0 Å². The van der Waals surface area contributed by atoms with Crippen LogP contribution in [0.3, 0.4) is 0 Å². The standard InChI is InChI=1S/C19H23N3O5S/c1-11(2)9-14(18(24)26-4)22-15(23)10-27-19(25)16-12(3)21-17(28-16)13-7-5-6-8-20-13/h5-8,11,14H,9-10H2,1-4H3,(H,22,23)/t14-/m0/s1. The number of nitrogens with zero attached hydrogens (tertiary/aromatic N) is 2.